The van der Waals surface area contributed by atoms with E-state index in [0.29, 0.717) is 38.5 Å². The number of likely N-dealkylation sites (tertiary alicyclic amines) is 1. The smallest absolute Gasteiger partial charge is 0.279 e. The summed E-state index contributed by atoms with van der Waals surface area (Å²) in [5, 5.41) is 2.93. The molecule has 0 spiro atoms. The van der Waals surface area contributed by atoms with Crippen LogP contribution in [-0.4, -0.2) is 64.6 Å². The van der Waals surface area contributed by atoms with Crippen LogP contribution in [0.1, 0.15) is 32.1 Å². The molecule has 3 fully saturated rings. The van der Waals surface area contributed by atoms with Gasteiger partial charge in [-0.2, -0.15) is 4.31 Å². The molecule has 1 amide bonds. The van der Waals surface area contributed by atoms with Gasteiger partial charge in [-0.1, -0.05) is 12.8 Å². The third-order valence-corrected chi connectivity index (χ3v) is 8.56. The lowest BCUT2D eigenvalue weighted by atomic mass is 9.75. The molecule has 4 rings (SSSR count). The Labute approximate surface area is 173 Å². The zero-order valence-corrected chi connectivity index (χ0v) is 17.8. The summed E-state index contributed by atoms with van der Waals surface area (Å²) in [7, 11) is -3.50. The van der Waals surface area contributed by atoms with Gasteiger partial charge in [-0.05, 0) is 49.4 Å². The maximum atomic E-state index is 12.7. The summed E-state index contributed by atoms with van der Waals surface area (Å²) in [5.41, 5.74) is 0.642. The molecule has 1 aliphatic carbocycles. The van der Waals surface area contributed by atoms with Crippen LogP contribution in [0.3, 0.4) is 0 Å². The zero-order chi connectivity index (χ0) is 20.3. The summed E-state index contributed by atoms with van der Waals surface area (Å²) in [6.07, 6.45) is 6.62. The lowest BCUT2D eigenvalue weighted by Gasteiger charge is -2.38. The van der Waals surface area contributed by atoms with Crippen molar-refractivity contribution in [1.29, 1.82) is 0 Å². The van der Waals surface area contributed by atoms with E-state index in [4.69, 9.17) is 4.74 Å². The molecular weight excluding hydrogens is 390 g/mol. The Balaban J connectivity index is 1.31. The molecule has 1 unspecified atom stereocenters. The first-order valence-corrected chi connectivity index (χ1v) is 12.3. The Morgan fingerprint density at radius 2 is 1.76 bits per heavy atom. The monoisotopic (exact) mass is 422 g/mol. The SMILES string of the molecule is O=C(C[NH+]1CC[C@@H]2CCCC[C@@H]2C1)Nc1ccc(S(=O)(=O)N2CCOCC2)cc1. The average Bonchev–Trinajstić information content (AvgIpc) is 2.74. The highest BCUT2D eigenvalue weighted by Crippen LogP contribution is 2.32. The van der Waals surface area contributed by atoms with Crippen molar-refractivity contribution >= 4 is 21.6 Å². The second-order valence-electron chi connectivity index (χ2n) is 8.56. The lowest BCUT2D eigenvalue weighted by molar-refractivity contribution is -0.902. The van der Waals surface area contributed by atoms with Gasteiger partial charge < -0.3 is 15.0 Å². The molecule has 2 heterocycles. The third kappa shape index (κ3) is 4.99. The predicted octanol–water partition coefficient (Wildman–Crippen LogP) is 0.741. The number of hydrogen-bond donors (Lipinski definition) is 2. The van der Waals surface area contributed by atoms with Crippen LogP contribution in [0.15, 0.2) is 29.2 Å². The molecule has 8 heteroatoms. The highest BCUT2D eigenvalue weighted by atomic mass is 32.2. The highest BCUT2D eigenvalue weighted by Gasteiger charge is 2.34. The molecule has 0 radical (unpaired) electrons. The Bertz CT molecular complexity index is 806. The molecule has 2 N–H and O–H groups in total. The highest BCUT2D eigenvalue weighted by molar-refractivity contribution is 7.89. The summed E-state index contributed by atoms with van der Waals surface area (Å²) >= 11 is 0. The van der Waals surface area contributed by atoms with Gasteiger partial charge in [0.25, 0.3) is 5.91 Å². The Morgan fingerprint density at radius 1 is 1.07 bits per heavy atom. The van der Waals surface area contributed by atoms with Crippen molar-refractivity contribution in [2.75, 3.05) is 51.3 Å². The maximum Gasteiger partial charge on any atom is 0.279 e. The van der Waals surface area contributed by atoms with Crippen molar-refractivity contribution in [1.82, 2.24) is 4.31 Å². The number of nitrogens with zero attached hydrogens (tertiary/aromatic N) is 1. The number of nitrogens with one attached hydrogen (secondary N) is 2. The van der Waals surface area contributed by atoms with Crippen molar-refractivity contribution in [3.8, 4) is 0 Å². The van der Waals surface area contributed by atoms with Gasteiger partial charge in [-0.3, -0.25) is 4.79 Å². The number of rotatable bonds is 5. The second-order valence-corrected chi connectivity index (χ2v) is 10.5. The number of quaternary nitrogens is 1. The minimum Gasteiger partial charge on any atom is -0.379 e. The second kappa shape index (κ2) is 9.12. The first-order valence-electron chi connectivity index (χ1n) is 10.8. The van der Waals surface area contributed by atoms with Gasteiger partial charge in [0, 0.05) is 24.7 Å². The molecule has 1 aromatic rings. The molecule has 1 aromatic carbocycles. The van der Waals surface area contributed by atoms with E-state index in [-0.39, 0.29) is 10.8 Å². The van der Waals surface area contributed by atoms with Crippen molar-refractivity contribution in [2.24, 2.45) is 11.8 Å². The summed E-state index contributed by atoms with van der Waals surface area (Å²) in [5.74, 6) is 1.65. The van der Waals surface area contributed by atoms with Crippen LogP contribution in [0.25, 0.3) is 0 Å². The number of piperidine rings is 1. The lowest BCUT2D eigenvalue weighted by Crippen LogP contribution is -3.15. The van der Waals surface area contributed by atoms with Crippen LogP contribution in [-0.2, 0) is 19.6 Å². The molecule has 2 saturated heterocycles. The number of fused-ring (bicyclic) bond motifs is 1. The molecule has 0 aromatic heterocycles. The summed E-state index contributed by atoms with van der Waals surface area (Å²) in [4.78, 5) is 14.1. The van der Waals surface area contributed by atoms with Crippen molar-refractivity contribution in [3.05, 3.63) is 24.3 Å². The molecular formula is C21H32N3O4S+. The Kier molecular flexibility index (Phi) is 6.53. The number of carbonyl (C=O) groups is 1. The fourth-order valence-electron chi connectivity index (χ4n) is 5.03. The van der Waals surface area contributed by atoms with E-state index in [0.717, 1.165) is 24.9 Å². The van der Waals surface area contributed by atoms with Gasteiger partial charge in [0.1, 0.15) is 0 Å². The van der Waals surface area contributed by atoms with Crippen LogP contribution in [0.2, 0.25) is 0 Å². The largest absolute Gasteiger partial charge is 0.379 e. The number of amides is 1. The molecule has 3 aliphatic rings. The third-order valence-electron chi connectivity index (χ3n) is 6.64. The molecule has 2 aliphatic heterocycles. The Hall–Kier alpha value is -1.48. The van der Waals surface area contributed by atoms with E-state index in [1.165, 1.54) is 41.3 Å². The topological polar surface area (TPSA) is 80.2 Å². The van der Waals surface area contributed by atoms with E-state index in [9.17, 15) is 13.2 Å². The van der Waals surface area contributed by atoms with Gasteiger partial charge in [0.15, 0.2) is 6.54 Å². The van der Waals surface area contributed by atoms with Crippen molar-refractivity contribution in [2.45, 2.75) is 37.0 Å². The minimum atomic E-state index is -3.50. The number of hydrogen-bond acceptors (Lipinski definition) is 4. The van der Waals surface area contributed by atoms with Crippen LogP contribution >= 0.6 is 0 Å². The first kappa shape index (κ1) is 20.8. The van der Waals surface area contributed by atoms with Gasteiger partial charge >= 0.3 is 0 Å². The van der Waals surface area contributed by atoms with E-state index < -0.39 is 10.0 Å². The van der Waals surface area contributed by atoms with Crippen molar-refractivity contribution < 1.29 is 22.8 Å². The zero-order valence-electron chi connectivity index (χ0n) is 16.9. The molecule has 29 heavy (non-hydrogen) atoms. The van der Waals surface area contributed by atoms with E-state index in [1.807, 2.05) is 0 Å². The number of morpholine rings is 1. The van der Waals surface area contributed by atoms with Gasteiger partial charge in [0.2, 0.25) is 10.0 Å². The first-order chi connectivity index (χ1) is 14.0. The number of benzene rings is 1. The number of anilines is 1. The number of ether oxygens (including phenoxy) is 1. The summed E-state index contributed by atoms with van der Waals surface area (Å²) < 4.78 is 32.0. The van der Waals surface area contributed by atoms with Gasteiger partial charge in [0.05, 0.1) is 31.2 Å². The van der Waals surface area contributed by atoms with Crippen molar-refractivity contribution in [3.63, 3.8) is 0 Å². The molecule has 0 bridgehead atoms. The van der Waals surface area contributed by atoms with Crippen LogP contribution in [0.5, 0.6) is 0 Å². The van der Waals surface area contributed by atoms with E-state index in [1.54, 1.807) is 24.3 Å². The Morgan fingerprint density at radius 3 is 2.48 bits per heavy atom. The number of sulfonamides is 1. The van der Waals surface area contributed by atoms with Crippen LogP contribution in [0, 0.1) is 11.8 Å². The molecule has 7 nitrogen and oxygen atoms in total. The van der Waals surface area contributed by atoms with Gasteiger partial charge in [-0.15, -0.1) is 0 Å². The van der Waals surface area contributed by atoms with E-state index in [2.05, 4.69) is 5.32 Å². The normalized spacial score (nSPS) is 28.5. The summed E-state index contributed by atoms with van der Waals surface area (Å²) in [6, 6.07) is 6.49. The fourth-order valence-corrected chi connectivity index (χ4v) is 6.44. The summed E-state index contributed by atoms with van der Waals surface area (Å²) in [6.45, 7) is 4.27. The fraction of sp³-hybridized carbons (Fsp3) is 0.667. The quantitative estimate of drug-likeness (QED) is 0.734. The maximum absolute atomic E-state index is 12.7. The molecule has 160 valence electrons. The van der Waals surface area contributed by atoms with Crippen LogP contribution < -0.4 is 10.2 Å². The molecule has 3 atom stereocenters. The molecule has 1 saturated carbocycles. The standard InChI is InChI=1S/C21H31N3O4S/c25-21(16-23-10-9-17-3-1-2-4-18(17)15-23)22-19-5-7-20(8-6-19)29(26,27)24-11-13-28-14-12-24/h5-8,17-18H,1-4,9-16H2,(H,22,25)/p+1/t17-,18+/m0/s1. The van der Waals surface area contributed by atoms with E-state index >= 15 is 0 Å². The van der Waals surface area contributed by atoms with Gasteiger partial charge in [-0.25, -0.2) is 8.42 Å². The van der Waals surface area contributed by atoms with Crippen LogP contribution in [0.4, 0.5) is 5.69 Å². The average molecular weight is 423 g/mol. The minimum absolute atomic E-state index is 0.00181. The predicted molar refractivity (Wildman–Crippen MR) is 110 cm³/mol. The number of carbonyl (C=O) groups excluding carboxylic acids is 1.